The van der Waals surface area contributed by atoms with Gasteiger partial charge in [0, 0.05) is 34.7 Å². The summed E-state index contributed by atoms with van der Waals surface area (Å²) >= 11 is 6.02. The predicted molar refractivity (Wildman–Crippen MR) is 105 cm³/mol. The minimum absolute atomic E-state index is 0.148. The van der Waals surface area contributed by atoms with Crippen LogP contribution in [0.4, 0.5) is 10.1 Å². The van der Waals surface area contributed by atoms with Gasteiger partial charge in [0.1, 0.15) is 5.82 Å². The molecule has 1 N–H and O–H groups in total. The summed E-state index contributed by atoms with van der Waals surface area (Å²) in [6.45, 7) is 1.17. The molecule has 3 aromatic rings. The van der Waals surface area contributed by atoms with E-state index in [0.29, 0.717) is 30.2 Å². The Morgan fingerprint density at radius 1 is 1.14 bits per heavy atom. The molecule has 0 spiro atoms. The van der Waals surface area contributed by atoms with E-state index in [1.807, 2.05) is 4.90 Å². The molecule has 0 saturated carbocycles. The number of benzene rings is 2. The summed E-state index contributed by atoms with van der Waals surface area (Å²) in [5.74, 6) is -0.704. The second kappa shape index (κ2) is 6.43. The summed E-state index contributed by atoms with van der Waals surface area (Å²) in [6.07, 6.45) is 0.851. The number of rotatable bonds is 2. The lowest BCUT2D eigenvalue weighted by molar-refractivity contribution is -0.123. The molecule has 1 aromatic heterocycles. The van der Waals surface area contributed by atoms with E-state index in [0.717, 1.165) is 22.2 Å². The average Bonchev–Trinajstić information content (AvgIpc) is 3.17. The van der Waals surface area contributed by atoms with Crippen molar-refractivity contribution >= 4 is 40.0 Å². The second-order valence-corrected chi connectivity index (χ2v) is 7.70. The van der Waals surface area contributed by atoms with Gasteiger partial charge in [-0.3, -0.25) is 14.5 Å². The molecule has 1 fully saturated rings. The van der Waals surface area contributed by atoms with Crippen LogP contribution in [0.15, 0.2) is 42.5 Å². The van der Waals surface area contributed by atoms with Crippen molar-refractivity contribution in [1.29, 1.82) is 0 Å². The van der Waals surface area contributed by atoms with Crippen LogP contribution in [-0.2, 0) is 22.6 Å². The first kappa shape index (κ1) is 17.4. The third-order valence-corrected chi connectivity index (χ3v) is 5.83. The number of aromatic nitrogens is 1. The van der Waals surface area contributed by atoms with Gasteiger partial charge in [0.05, 0.1) is 18.2 Å². The molecule has 2 aliphatic rings. The normalized spacial score (nSPS) is 20.2. The fraction of sp³-hybridized carbons (Fsp3) is 0.238. The second-order valence-electron chi connectivity index (χ2n) is 7.26. The molecule has 3 heterocycles. The number of halogens is 2. The number of nitrogens with zero attached hydrogens (tertiary/aromatic N) is 2. The lowest BCUT2D eigenvalue weighted by Crippen LogP contribution is -2.44. The van der Waals surface area contributed by atoms with E-state index in [1.54, 1.807) is 36.4 Å². The molecule has 1 saturated heterocycles. The van der Waals surface area contributed by atoms with E-state index in [1.165, 1.54) is 11.0 Å². The van der Waals surface area contributed by atoms with Gasteiger partial charge in [-0.2, -0.15) is 0 Å². The lowest BCUT2D eigenvalue weighted by Gasteiger charge is -2.30. The zero-order valence-electron chi connectivity index (χ0n) is 14.9. The number of imide groups is 1. The van der Waals surface area contributed by atoms with Crippen LogP contribution >= 0.6 is 11.6 Å². The Morgan fingerprint density at radius 3 is 2.82 bits per heavy atom. The molecule has 142 valence electrons. The Bertz CT molecular complexity index is 1130. The molecule has 5 rings (SSSR count). The van der Waals surface area contributed by atoms with Crippen LogP contribution < -0.4 is 4.90 Å². The fourth-order valence-corrected chi connectivity index (χ4v) is 4.47. The third kappa shape index (κ3) is 2.72. The molecule has 0 bridgehead atoms. The molecule has 28 heavy (non-hydrogen) atoms. The number of aromatic amines is 1. The van der Waals surface area contributed by atoms with Crippen LogP contribution in [0.25, 0.3) is 10.9 Å². The van der Waals surface area contributed by atoms with Gasteiger partial charge < -0.3 is 4.98 Å². The van der Waals surface area contributed by atoms with Crippen LogP contribution in [0.5, 0.6) is 0 Å². The quantitative estimate of drug-likeness (QED) is 0.671. The zero-order valence-corrected chi connectivity index (χ0v) is 15.7. The number of carbonyl (C=O) groups excluding carboxylic acids is 2. The average molecular weight is 398 g/mol. The first-order chi connectivity index (χ1) is 13.5. The first-order valence-corrected chi connectivity index (χ1v) is 9.54. The molecule has 0 unspecified atom stereocenters. The highest BCUT2D eigenvalue weighted by atomic mass is 35.5. The highest BCUT2D eigenvalue weighted by Crippen LogP contribution is 2.32. The van der Waals surface area contributed by atoms with Gasteiger partial charge in [-0.25, -0.2) is 9.29 Å². The van der Waals surface area contributed by atoms with Crippen molar-refractivity contribution in [3.8, 4) is 0 Å². The van der Waals surface area contributed by atoms with Crippen LogP contribution in [0.2, 0.25) is 5.02 Å². The molecule has 7 heteroatoms. The van der Waals surface area contributed by atoms with Crippen LogP contribution in [0.1, 0.15) is 17.7 Å². The fourth-order valence-electron chi connectivity index (χ4n) is 4.29. The molecule has 5 nitrogen and oxygen atoms in total. The number of H-pyrrole nitrogens is 1. The summed E-state index contributed by atoms with van der Waals surface area (Å²) in [6, 6.07) is 11.0. The molecule has 1 atom stereocenters. The van der Waals surface area contributed by atoms with E-state index in [2.05, 4.69) is 4.98 Å². The monoisotopic (exact) mass is 397 g/mol. The smallest absolute Gasteiger partial charge is 0.251 e. The maximum absolute atomic E-state index is 13.6. The number of nitrogens with one attached hydrogen (secondary N) is 1. The summed E-state index contributed by atoms with van der Waals surface area (Å²) in [7, 11) is 0. The van der Waals surface area contributed by atoms with Crippen molar-refractivity contribution in [2.45, 2.75) is 25.4 Å². The van der Waals surface area contributed by atoms with Gasteiger partial charge in [-0.15, -0.1) is 0 Å². The number of hydrogen-bond acceptors (Lipinski definition) is 3. The Balaban J connectivity index is 1.43. The van der Waals surface area contributed by atoms with Crippen molar-refractivity contribution in [3.63, 3.8) is 0 Å². The number of hydrogen-bond donors (Lipinski definition) is 1. The summed E-state index contributed by atoms with van der Waals surface area (Å²) in [4.78, 5) is 32.2. The zero-order chi connectivity index (χ0) is 19.4. The minimum Gasteiger partial charge on any atom is -0.357 e. The Kier molecular flexibility index (Phi) is 4.00. The van der Waals surface area contributed by atoms with Crippen molar-refractivity contribution in [1.82, 2.24) is 9.88 Å². The highest BCUT2D eigenvalue weighted by Gasteiger charge is 2.43. The van der Waals surface area contributed by atoms with Crippen molar-refractivity contribution < 1.29 is 14.0 Å². The van der Waals surface area contributed by atoms with Crippen LogP contribution in [-0.4, -0.2) is 34.3 Å². The Morgan fingerprint density at radius 2 is 2.00 bits per heavy atom. The summed E-state index contributed by atoms with van der Waals surface area (Å²) in [5.41, 5.74) is 3.47. The van der Waals surface area contributed by atoms with Crippen LogP contribution in [0.3, 0.4) is 0 Å². The predicted octanol–water partition coefficient (Wildman–Crippen LogP) is 3.65. The summed E-state index contributed by atoms with van der Waals surface area (Å²) in [5, 5.41) is 1.37. The van der Waals surface area contributed by atoms with Crippen molar-refractivity contribution in [3.05, 3.63) is 64.6 Å². The minimum atomic E-state index is -0.497. The van der Waals surface area contributed by atoms with Crippen molar-refractivity contribution in [2.75, 3.05) is 11.4 Å². The molecule has 2 aromatic carbocycles. The van der Waals surface area contributed by atoms with E-state index >= 15 is 0 Å². The third-order valence-electron chi connectivity index (χ3n) is 5.60. The SMILES string of the molecule is O=C1C[C@H](N2CCc3c([nH]c4ccc(F)cc34)C2)C(=O)N1c1cccc(Cl)c1. The van der Waals surface area contributed by atoms with E-state index in [4.69, 9.17) is 11.6 Å². The molecule has 2 aliphatic heterocycles. The Hall–Kier alpha value is -2.70. The molecular formula is C21H17ClFN3O2. The molecule has 0 aliphatic carbocycles. The number of carbonyl (C=O) groups is 2. The van der Waals surface area contributed by atoms with E-state index in [9.17, 15) is 14.0 Å². The van der Waals surface area contributed by atoms with Gasteiger partial charge >= 0.3 is 0 Å². The van der Waals surface area contributed by atoms with E-state index in [-0.39, 0.29) is 24.1 Å². The molecule has 0 radical (unpaired) electrons. The summed E-state index contributed by atoms with van der Waals surface area (Å²) < 4.78 is 13.6. The largest absolute Gasteiger partial charge is 0.357 e. The highest BCUT2D eigenvalue weighted by molar-refractivity contribution is 6.31. The van der Waals surface area contributed by atoms with Crippen molar-refractivity contribution in [2.24, 2.45) is 0 Å². The number of fused-ring (bicyclic) bond motifs is 3. The number of anilines is 1. The van der Waals surface area contributed by atoms with E-state index < -0.39 is 6.04 Å². The van der Waals surface area contributed by atoms with Gasteiger partial charge in [-0.05, 0) is 48.4 Å². The number of amides is 2. The topological polar surface area (TPSA) is 56.4 Å². The Labute approximate surface area is 165 Å². The standard InChI is InChI=1S/C21H17ClFN3O2/c22-12-2-1-3-14(8-12)26-20(27)10-19(21(26)28)25-7-6-15-16-9-13(23)4-5-17(16)24-18(15)11-25/h1-5,8-9,19,24H,6-7,10-11H2/t19-/m0/s1. The lowest BCUT2D eigenvalue weighted by atomic mass is 10.0. The molecular weight excluding hydrogens is 381 g/mol. The molecule has 2 amide bonds. The van der Waals surface area contributed by atoms with Gasteiger partial charge in [0.15, 0.2) is 0 Å². The first-order valence-electron chi connectivity index (χ1n) is 9.16. The van der Waals surface area contributed by atoms with Gasteiger partial charge in [-0.1, -0.05) is 17.7 Å². The van der Waals surface area contributed by atoms with Gasteiger partial charge in [0.2, 0.25) is 5.91 Å². The van der Waals surface area contributed by atoms with Crippen LogP contribution in [0, 0.1) is 5.82 Å². The maximum Gasteiger partial charge on any atom is 0.251 e. The maximum atomic E-state index is 13.6. The van der Waals surface area contributed by atoms with Gasteiger partial charge in [0.25, 0.3) is 5.91 Å².